The van der Waals surface area contributed by atoms with E-state index in [2.05, 4.69) is 32.2 Å². The summed E-state index contributed by atoms with van der Waals surface area (Å²) in [5.74, 6) is 2.58. The summed E-state index contributed by atoms with van der Waals surface area (Å²) in [6, 6.07) is 15.6. The molecule has 1 atom stereocenters. The number of aromatic carboxylic acids is 1. The SMILES string of the molecule is C#Cc1ccc(OCc2cccc(OC3CCN(Cc4nc5ccc(C(=O)O)cc5n4C[C@@H]4CCCN4CC)CC3)n2)c(F)c1. The molecule has 1 N–H and O–H groups in total. The van der Waals surface area contributed by atoms with Crippen LogP contribution in [-0.2, 0) is 19.7 Å². The Hall–Kier alpha value is -4.46. The predicted octanol–water partition coefficient (Wildman–Crippen LogP) is 5.36. The van der Waals surface area contributed by atoms with Crippen LogP contribution in [0.15, 0.2) is 54.6 Å². The number of piperidine rings is 1. The van der Waals surface area contributed by atoms with E-state index >= 15 is 0 Å². The molecule has 0 spiro atoms. The second kappa shape index (κ2) is 13.7. The second-order valence-corrected chi connectivity index (χ2v) is 11.7. The van der Waals surface area contributed by atoms with Crippen molar-refractivity contribution in [2.45, 2.75) is 64.4 Å². The highest BCUT2D eigenvalue weighted by Gasteiger charge is 2.27. The fourth-order valence-electron chi connectivity index (χ4n) is 6.38. The molecule has 2 saturated heterocycles. The number of benzene rings is 2. The van der Waals surface area contributed by atoms with Crippen molar-refractivity contribution in [2.24, 2.45) is 0 Å². The lowest BCUT2D eigenvalue weighted by Gasteiger charge is -2.32. The molecule has 10 heteroatoms. The summed E-state index contributed by atoms with van der Waals surface area (Å²) in [5.41, 5.74) is 3.09. The largest absolute Gasteiger partial charge is 0.484 e. The molecule has 2 aliphatic rings. The topological polar surface area (TPSA) is 92.9 Å². The lowest BCUT2D eigenvalue weighted by Crippen LogP contribution is -2.39. The standard InChI is InChI=1S/C35H38FN5O4/c1-3-24-10-13-32(29(36)19-24)44-23-26-7-5-9-34(37-26)45-28-14-17-39(18-15-28)22-33-38-30-12-11-25(35(42)43)20-31(30)41(33)21-27-8-6-16-40(27)4-2/h1,5,7,9-13,19-20,27-28H,4,6,8,14-18,21-23H2,2H3,(H,42,43)/t27-/m0/s1. The van der Waals surface area contributed by atoms with Gasteiger partial charge in [0.05, 0.1) is 28.8 Å². The number of ether oxygens (including phenoxy) is 2. The van der Waals surface area contributed by atoms with Crippen molar-refractivity contribution in [2.75, 3.05) is 26.2 Å². The van der Waals surface area contributed by atoms with E-state index in [-0.39, 0.29) is 24.0 Å². The molecule has 9 nitrogen and oxygen atoms in total. The number of hydrogen-bond donors (Lipinski definition) is 1. The Morgan fingerprint density at radius 3 is 2.69 bits per heavy atom. The Balaban J connectivity index is 1.08. The molecule has 2 aromatic heterocycles. The summed E-state index contributed by atoms with van der Waals surface area (Å²) < 4.78 is 28.4. The number of likely N-dealkylation sites (tertiary alicyclic amines) is 2. The maximum Gasteiger partial charge on any atom is 0.335 e. The van der Waals surface area contributed by atoms with E-state index in [1.165, 1.54) is 18.6 Å². The van der Waals surface area contributed by atoms with Crippen molar-refractivity contribution in [3.63, 3.8) is 0 Å². The molecule has 234 valence electrons. The number of aromatic nitrogens is 3. The summed E-state index contributed by atoms with van der Waals surface area (Å²) in [6.45, 7) is 7.58. The van der Waals surface area contributed by atoms with Crippen molar-refractivity contribution >= 4 is 17.0 Å². The fraction of sp³-hybridized carbons (Fsp3) is 0.400. The van der Waals surface area contributed by atoms with Crippen LogP contribution in [0.5, 0.6) is 11.6 Å². The summed E-state index contributed by atoms with van der Waals surface area (Å²) in [5, 5.41) is 9.63. The third-order valence-corrected chi connectivity index (χ3v) is 8.82. The number of nitrogens with zero attached hydrogens (tertiary/aromatic N) is 5. The second-order valence-electron chi connectivity index (χ2n) is 11.7. The van der Waals surface area contributed by atoms with E-state index in [0.29, 0.717) is 29.7 Å². The zero-order chi connectivity index (χ0) is 31.3. The van der Waals surface area contributed by atoms with Crippen molar-refractivity contribution in [1.29, 1.82) is 0 Å². The summed E-state index contributed by atoms with van der Waals surface area (Å²) in [4.78, 5) is 26.2. The molecule has 0 bridgehead atoms. The number of likely N-dealkylation sites (N-methyl/N-ethyl adjacent to an activating group) is 1. The van der Waals surface area contributed by atoms with Crippen LogP contribution in [0.4, 0.5) is 4.39 Å². The zero-order valence-electron chi connectivity index (χ0n) is 25.5. The van der Waals surface area contributed by atoms with E-state index in [9.17, 15) is 14.3 Å². The van der Waals surface area contributed by atoms with E-state index in [4.69, 9.17) is 20.9 Å². The first-order valence-corrected chi connectivity index (χ1v) is 15.6. The van der Waals surface area contributed by atoms with Gasteiger partial charge in [-0.2, -0.15) is 0 Å². The first kappa shape index (κ1) is 30.6. The number of carboxylic acid groups (broad SMARTS) is 1. The molecule has 0 saturated carbocycles. The number of imidazole rings is 1. The highest BCUT2D eigenvalue weighted by atomic mass is 19.1. The smallest absolute Gasteiger partial charge is 0.335 e. The molecule has 2 fully saturated rings. The Bertz CT molecular complexity index is 1710. The maximum atomic E-state index is 14.2. The normalized spacial score (nSPS) is 17.8. The van der Waals surface area contributed by atoms with Gasteiger partial charge in [0.1, 0.15) is 18.5 Å². The number of fused-ring (bicyclic) bond motifs is 1. The van der Waals surface area contributed by atoms with Crippen molar-refractivity contribution < 1.29 is 23.8 Å². The third kappa shape index (κ3) is 7.11. The maximum absolute atomic E-state index is 14.2. The van der Waals surface area contributed by atoms with Gasteiger partial charge in [-0.15, -0.1) is 6.42 Å². The quantitative estimate of drug-likeness (QED) is 0.227. The number of rotatable bonds is 11. The highest BCUT2D eigenvalue weighted by Crippen LogP contribution is 2.26. The van der Waals surface area contributed by atoms with Gasteiger partial charge in [-0.25, -0.2) is 19.2 Å². The molecule has 0 amide bonds. The average molecular weight is 612 g/mol. The van der Waals surface area contributed by atoms with E-state index in [1.807, 2.05) is 24.3 Å². The van der Waals surface area contributed by atoms with Gasteiger partial charge in [-0.3, -0.25) is 9.80 Å². The van der Waals surface area contributed by atoms with Crippen LogP contribution in [0.1, 0.15) is 60.0 Å². The molecule has 0 aliphatic carbocycles. The van der Waals surface area contributed by atoms with Crippen LogP contribution >= 0.6 is 0 Å². The van der Waals surface area contributed by atoms with Crippen LogP contribution < -0.4 is 9.47 Å². The number of hydrogen-bond acceptors (Lipinski definition) is 7. The molecule has 0 unspecified atom stereocenters. The van der Waals surface area contributed by atoms with Crippen molar-refractivity contribution in [1.82, 2.24) is 24.3 Å². The van der Waals surface area contributed by atoms with Gasteiger partial charge < -0.3 is 19.1 Å². The summed E-state index contributed by atoms with van der Waals surface area (Å²) >= 11 is 0. The number of terminal acetylenes is 1. The number of halogens is 1. The van der Waals surface area contributed by atoms with Gasteiger partial charge in [-0.1, -0.05) is 18.9 Å². The lowest BCUT2D eigenvalue weighted by molar-refractivity contribution is 0.0697. The van der Waals surface area contributed by atoms with Gasteiger partial charge >= 0.3 is 5.97 Å². The van der Waals surface area contributed by atoms with Gasteiger partial charge in [-0.05, 0) is 81.2 Å². The zero-order valence-corrected chi connectivity index (χ0v) is 25.5. The number of carboxylic acids is 1. The van der Waals surface area contributed by atoms with Crippen LogP contribution in [-0.4, -0.2) is 73.7 Å². The average Bonchev–Trinajstić information content (AvgIpc) is 3.65. The number of pyridine rings is 1. The first-order chi connectivity index (χ1) is 21.9. The van der Waals surface area contributed by atoms with Gasteiger partial charge in [0.15, 0.2) is 11.6 Å². The van der Waals surface area contributed by atoms with Gasteiger partial charge in [0.25, 0.3) is 0 Å². The third-order valence-electron chi connectivity index (χ3n) is 8.82. The molecule has 0 radical (unpaired) electrons. The predicted molar refractivity (Wildman–Crippen MR) is 169 cm³/mol. The molecule has 4 aromatic rings. The van der Waals surface area contributed by atoms with Crippen molar-refractivity contribution in [3.8, 4) is 24.0 Å². The molecule has 2 aromatic carbocycles. The minimum Gasteiger partial charge on any atom is -0.484 e. The monoisotopic (exact) mass is 611 g/mol. The molecule has 4 heterocycles. The Kier molecular flexibility index (Phi) is 9.29. The van der Waals surface area contributed by atoms with Crippen LogP contribution in [0.25, 0.3) is 11.0 Å². The molecule has 2 aliphatic heterocycles. The molecule has 45 heavy (non-hydrogen) atoms. The van der Waals surface area contributed by atoms with Crippen molar-refractivity contribution in [3.05, 3.63) is 83.1 Å². The molecule has 6 rings (SSSR count). The Morgan fingerprint density at radius 1 is 1.09 bits per heavy atom. The highest BCUT2D eigenvalue weighted by molar-refractivity contribution is 5.92. The van der Waals surface area contributed by atoms with Gasteiger partial charge in [0.2, 0.25) is 5.88 Å². The summed E-state index contributed by atoms with van der Waals surface area (Å²) in [6.07, 6.45) is 9.34. The van der Waals surface area contributed by atoms with E-state index in [1.54, 1.807) is 18.2 Å². The minimum atomic E-state index is -0.929. The Labute approximate surface area is 262 Å². The van der Waals surface area contributed by atoms with Crippen LogP contribution in [0, 0.1) is 18.2 Å². The molecular weight excluding hydrogens is 573 g/mol. The Morgan fingerprint density at radius 2 is 1.93 bits per heavy atom. The first-order valence-electron chi connectivity index (χ1n) is 15.6. The molecular formula is C35H38FN5O4. The fourth-order valence-corrected chi connectivity index (χ4v) is 6.38. The summed E-state index contributed by atoms with van der Waals surface area (Å²) in [7, 11) is 0. The number of carbonyl (C=O) groups is 1. The van der Waals surface area contributed by atoms with E-state index < -0.39 is 11.8 Å². The van der Waals surface area contributed by atoms with Gasteiger partial charge in [0, 0.05) is 37.3 Å². The van der Waals surface area contributed by atoms with Crippen LogP contribution in [0.3, 0.4) is 0 Å². The lowest BCUT2D eigenvalue weighted by atomic mass is 10.1. The van der Waals surface area contributed by atoms with Crippen LogP contribution in [0.2, 0.25) is 0 Å². The van der Waals surface area contributed by atoms with E-state index in [0.717, 1.165) is 68.8 Å². The minimum absolute atomic E-state index is 0.0206.